The quantitative estimate of drug-likeness (QED) is 0.748. The Hall–Kier alpha value is -0.350. The Balaban J connectivity index is 1.91. The van der Waals surface area contributed by atoms with Crippen LogP contribution in [0.3, 0.4) is 0 Å². The third-order valence-electron chi connectivity index (χ3n) is 3.93. The van der Waals surface area contributed by atoms with Gasteiger partial charge >= 0.3 is 0 Å². The molecule has 2 aromatic rings. The van der Waals surface area contributed by atoms with Gasteiger partial charge in [-0.25, -0.2) is 0 Å². The molecule has 1 fully saturated rings. The molecule has 1 saturated heterocycles. The van der Waals surface area contributed by atoms with E-state index in [1.54, 1.807) is 0 Å². The largest absolute Gasteiger partial charge is 0.315 e. The van der Waals surface area contributed by atoms with Crippen LogP contribution in [0.1, 0.15) is 11.1 Å². The summed E-state index contributed by atoms with van der Waals surface area (Å²) in [7, 11) is 0. The second-order valence-electron chi connectivity index (χ2n) is 5.30. The van der Waals surface area contributed by atoms with Gasteiger partial charge in [0.1, 0.15) is 0 Å². The van der Waals surface area contributed by atoms with Crippen molar-refractivity contribution in [3.63, 3.8) is 0 Å². The van der Waals surface area contributed by atoms with E-state index < -0.39 is 0 Å². The molecule has 1 aliphatic heterocycles. The fourth-order valence-electron chi connectivity index (χ4n) is 2.69. The van der Waals surface area contributed by atoms with E-state index >= 15 is 0 Å². The van der Waals surface area contributed by atoms with E-state index in [1.807, 2.05) is 6.07 Å². The second kappa shape index (κ2) is 5.80. The second-order valence-corrected chi connectivity index (χ2v) is 7.54. The average molecular weight is 416 g/mol. The van der Waals surface area contributed by atoms with Gasteiger partial charge in [-0.05, 0) is 41.8 Å². The van der Waals surface area contributed by atoms with Gasteiger partial charge in [-0.3, -0.25) is 0 Å². The molecule has 1 heterocycles. The van der Waals surface area contributed by atoms with Crippen LogP contribution in [0.4, 0.5) is 0 Å². The maximum atomic E-state index is 6.37. The number of hydrogen-bond donors (Lipinski definition) is 1. The van der Waals surface area contributed by atoms with Gasteiger partial charge in [-0.2, -0.15) is 0 Å². The highest BCUT2D eigenvalue weighted by Crippen LogP contribution is 2.35. The van der Waals surface area contributed by atoms with Gasteiger partial charge in [0.2, 0.25) is 0 Å². The Morgan fingerprint density at radius 1 is 1.00 bits per heavy atom. The van der Waals surface area contributed by atoms with Crippen LogP contribution in [0.25, 0.3) is 0 Å². The lowest BCUT2D eigenvalue weighted by molar-refractivity contribution is 0.275. The first-order valence-electron chi connectivity index (χ1n) is 6.50. The van der Waals surface area contributed by atoms with E-state index in [2.05, 4.69) is 73.6 Å². The molecule has 104 valence electrons. The molecule has 0 unspecified atom stereocenters. The Bertz CT molecular complexity index is 621. The van der Waals surface area contributed by atoms with Crippen molar-refractivity contribution < 1.29 is 0 Å². The van der Waals surface area contributed by atoms with Gasteiger partial charge < -0.3 is 5.32 Å². The lowest BCUT2D eigenvalue weighted by Gasteiger charge is -2.43. The van der Waals surface area contributed by atoms with Crippen molar-refractivity contribution in [2.24, 2.45) is 0 Å². The van der Waals surface area contributed by atoms with Crippen molar-refractivity contribution in [1.29, 1.82) is 0 Å². The predicted octanol–water partition coefficient (Wildman–Crippen LogP) is 4.95. The van der Waals surface area contributed by atoms with Crippen LogP contribution in [-0.2, 0) is 11.8 Å². The molecule has 1 N–H and O–H groups in total. The normalized spacial score (nSPS) is 16.8. The van der Waals surface area contributed by atoms with Crippen molar-refractivity contribution in [3.8, 4) is 0 Å². The minimum absolute atomic E-state index is 0.165. The lowest BCUT2D eigenvalue weighted by atomic mass is 9.71. The van der Waals surface area contributed by atoms with Crippen molar-refractivity contribution in [2.75, 3.05) is 13.1 Å². The van der Waals surface area contributed by atoms with Crippen molar-refractivity contribution in [3.05, 3.63) is 67.6 Å². The van der Waals surface area contributed by atoms with Crippen LogP contribution >= 0.6 is 43.5 Å². The van der Waals surface area contributed by atoms with Crippen molar-refractivity contribution in [1.82, 2.24) is 5.32 Å². The fraction of sp³-hybridized carbons (Fsp3) is 0.250. The summed E-state index contributed by atoms with van der Waals surface area (Å²) in [5, 5.41) is 4.24. The Labute approximate surface area is 141 Å². The number of halogens is 3. The molecular formula is C16H14Br2ClN. The summed E-state index contributed by atoms with van der Waals surface area (Å²) in [6.07, 6.45) is 0.966. The topological polar surface area (TPSA) is 12.0 Å². The molecular weight excluding hydrogens is 401 g/mol. The third-order valence-corrected chi connectivity index (χ3v) is 5.30. The summed E-state index contributed by atoms with van der Waals surface area (Å²) in [5.41, 5.74) is 2.75. The van der Waals surface area contributed by atoms with E-state index in [0.29, 0.717) is 0 Å². The molecule has 0 bridgehead atoms. The molecule has 4 heteroatoms. The number of rotatable bonds is 3. The number of benzene rings is 2. The van der Waals surface area contributed by atoms with Crippen LogP contribution < -0.4 is 5.32 Å². The van der Waals surface area contributed by atoms with Crippen LogP contribution in [0.2, 0.25) is 5.02 Å². The van der Waals surface area contributed by atoms with Gasteiger partial charge in [0.05, 0.1) is 0 Å². The summed E-state index contributed by atoms with van der Waals surface area (Å²) < 4.78 is 2.14. The lowest BCUT2D eigenvalue weighted by Crippen LogP contribution is -2.58. The zero-order chi connectivity index (χ0) is 14.2. The number of hydrogen-bond acceptors (Lipinski definition) is 1. The SMILES string of the molecule is Clc1cc(Br)ccc1CC1(c2ccc(Br)cc2)CNC1. The first-order chi connectivity index (χ1) is 9.59. The van der Waals surface area contributed by atoms with Crippen LogP contribution in [-0.4, -0.2) is 13.1 Å². The van der Waals surface area contributed by atoms with E-state index in [9.17, 15) is 0 Å². The highest BCUT2D eigenvalue weighted by Gasteiger charge is 2.39. The standard InChI is InChI=1S/C16H14Br2ClN/c17-13-5-2-12(3-6-13)16(9-20-10-16)8-11-1-4-14(18)7-15(11)19/h1-7,20H,8-10H2. The van der Waals surface area contributed by atoms with Gasteiger partial charge in [0.25, 0.3) is 0 Å². The fourth-order valence-corrected chi connectivity index (χ4v) is 3.70. The molecule has 0 atom stereocenters. The van der Waals surface area contributed by atoms with Gasteiger partial charge in [-0.1, -0.05) is 61.7 Å². The third kappa shape index (κ3) is 2.82. The monoisotopic (exact) mass is 413 g/mol. The van der Waals surface area contributed by atoms with E-state index in [-0.39, 0.29) is 5.41 Å². The minimum Gasteiger partial charge on any atom is -0.315 e. The first-order valence-corrected chi connectivity index (χ1v) is 8.46. The molecule has 2 aromatic carbocycles. The van der Waals surface area contributed by atoms with E-state index in [0.717, 1.165) is 33.5 Å². The number of nitrogens with one attached hydrogen (secondary N) is 1. The molecule has 0 amide bonds. The Morgan fingerprint density at radius 3 is 2.20 bits per heavy atom. The highest BCUT2D eigenvalue weighted by atomic mass is 79.9. The van der Waals surface area contributed by atoms with E-state index in [1.165, 1.54) is 11.1 Å². The maximum absolute atomic E-state index is 6.37. The molecule has 0 spiro atoms. The molecule has 1 aliphatic rings. The Kier molecular flexibility index (Phi) is 4.23. The summed E-state index contributed by atoms with van der Waals surface area (Å²) >= 11 is 13.3. The first kappa shape index (κ1) is 14.6. The maximum Gasteiger partial charge on any atom is 0.0449 e. The van der Waals surface area contributed by atoms with Gasteiger partial charge in [-0.15, -0.1) is 0 Å². The summed E-state index contributed by atoms with van der Waals surface area (Å²) in [5.74, 6) is 0. The van der Waals surface area contributed by atoms with Gasteiger partial charge in [0, 0.05) is 32.5 Å². The summed E-state index contributed by atoms with van der Waals surface area (Å²) in [6, 6.07) is 14.8. The molecule has 0 radical (unpaired) electrons. The van der Waals surface area contributed by atoms with Crippen molar-refractivity contribution >= 4 is 43.5 Å². The molecule has 0 aliphatic carbocycles. The van der Waals surface area contributed by atoms with Gasteiger partial charge in [0.15, 0.2) is 0 Å². The molecule has 0 saturated carbocycles. The minimum atomic E-state index is 0.165. The van der Waals surface area contributed by atoms with Crippen LogP contribution in [0, 0.1) is 0 Å². The smallest absolute Gasteiger partial charge is 0.0449 e. The van der Waals surface area contributed by atoms with Crippen LogP contribution in [0.15, 0.2) is 51.4 Å². The highest BCUT2D eigenvalue weighted by molar-refractivity contribution is 9.10. The molecule has 0 aromatic heterocycles. The van der Waals surface area contributed by atoms with E-state index in [4.69, 9.17) is 11.6 Å². The Morgan fingerprint density at radius 2 is 1.65 bits per heavy atom. The zero-order valence-electron chi connectivity index (χ0n) is 10.8. The average Bonchev–Trinajstić information content (AvgIpc) is 2.37. The summed E-state index contributed by atoms with van der Waals surface area (Å²) in [6.45, 7) is 2.00. The van der Waals surface area contributed by atoms with Crippen molar-refractivity contribution in [2.45, 2.75) is 11.8 Å². The molecule has 20 heavy (non-hydrogen) atoms. The predicted molar refractivity (Wildman–Crippen MR) is 91.5 cm³/mol. The summed E-state index contributed by atoms with van der Waals surface area (Å²) in [4.78, 5) is 0. The molecule has 3 rings (SSSR count). The van der Waals surface area contributed by atoms with Crippen LogP contribution in [0.5, 0.6) is 0 Å². The zero-order valence-corrected chi connectivity index (χ0v) is 14.7. The molecule has 1 nitrogen and oxygen atoms in total.